The van der Waals surface area contributed by atoms with E-state index in [-0.39, 0.29) is 24.1 Å². The van der Waals surface area contributed by atoms with Crippen molar-refractivity contribution in [1.29, 1.82) is 0 Å². The van der Waals surface area contributed by atoms with E-state index in [2.05, 4.69) is 15.4 Å². The van der Waals surface area contributed by atoms with Crippen LogP contribution >= 0.6 is 0 Å². The van der Waals surface area contributed by atoms with Crippen LogP contribution in [-0.4, -0.2) is 60.9 Å². The predicted octanol–water partition coefficient (Wildman–Crippen LogP) is 4.11. The highest BCUT2D eigenvalue weighted by molar-refractivity contribution is 6.00. The molecule has 7 nitrogen and oxygen atoms in total. The Morgan fingerprint density at radius 3 is 2.22 bits per heavy atom. The Morgan fingerprint density at radius 1 is 0.861 bits per heavy atom. The number of para-hydroxylation sites is 1. The van der Waals surface area contributed by atoms with Crippen LogP contribution < -0.4 is 15.4 Å². The number of piperazine rings is 1. The lowest BCUT2D eigenvalue weighted by atomic mass is 10.1. The van der Waals surface area contributed by atoms with E-state index in [1.807, 2.05) is 41.3 Å². The number of carbonyl (C=O) groups is 2. The second-order valence-corrected chi connectivity index (χ2v) is 8.40. The van der Waals surface area contributed by atoms with Crippen LogP contribution in [0.4, 0.5) is 20.2 Å². The second kappa shape index (κ2) is 12.1. The zero-order valence-electron chi connectivity index (χ0n) is 19.7. The summed E-state index contributed by atoms with van der Waals surface area (Å²) in [5.74, 6) is -0.0893. The summed E-state index contributed by atoms with van der Waals surface area (Å²) in [6, 6.07) is 23.0. The maximum absolute atomic E-state index is 13.3. The van der Waals surface area contributed by atoms with E-state index in [1.54, 1.807) is 35.2 Å². The predicted molar refractivity (Wildman–Crippen MR) is 133 cm³/mol. The van der Waals surface area contributed by atoms with Crippen LogP contribution in [0.25, 0.3) is 0 Å². The Labute approximate surface area is 208 Å². The fourth-order valence-electron chi connectivity index (χ4n) is 3.99. The molecule has 0 bridgehead atoms. The molecule has 1 aliphatic heterocycles. The summed E-state index contributed by atoms with van der Waals surface area (Å²) in [6.45, 7) is 0.128. The highest BCUT2D eigenvalue weighted by Gasteiger charge is 2.24. The van der Waals surface area contributed by atoms with Crippen molar-refractivity contribution in [2.24, 2.45) is 0 Å². The van der Waals surface area contributed by atoms with Crippen molar-refractivity contribution in [1.82, 2.24) is 15.1 Å². The number of ether oxygens (including phenoxy) is 1. The average molecular weight is 495 g/mol. The Kier molecular flexibility index (Phi) is 8.46. The quantitative estimate of drug-likeness (QED) is 0.469. The largest absolute Gasteiger partial charge is 0.435 e. The fraction of sp³-hybridized carbons (Fsp3) is 0.259. The SMILES string of the molecule is O=C(CN1CCN(C(=O)c2ccccc2Nc2ccc(OC(F)F)cc2)CC1)NCc1ccccc1. The second-order valence-electron chi connectivity index (χ2n) is 8.40. The molecule has 0 aliphatic carbocycles. The smallest absolute Gasteiger partial charge is 0.387 e. The maximum atomic E-state index is 13.3. The molecule has 0 aromatic heterocycles. The first-order valence-corrected chi connectivity index (χ1v) is 11.7. The van der Waals surface area contributed by atoms with Gasteiger partial charge in [-0.3, -0.25) is 14.5 Å². The molecule has 2 N–H and O–H groups in total. The van der Waals surface area contributed by atoms with Gasteiger partial charge < -0.3 is 20.3 Å². The number of amides is 2. The monoisotopic (exact) mass is 494 g/mol. The van der Waals surface area contributed by atoms with Gasteiger partial charge in [-0.1, -0.05) is 42.5 Å². The zero-order chi connectivity index (χ0) is 25.3. The van der Waals surface area contributed by atoms with Crippen molar-refractivity contribution in [3.8, 4) is 5.75 Å². The molecule has 1 fully saturated rings. The number of carbonyl (C=O) groups excluding carboxylic acids is 2. The van der Waals surface area contributed by atoms with Gasteiger partial charge in [-0.25, -0.2) is 0 Å². The van der Waals surface area contributed by atoms with Crippen molar-refractivity contribution in [2.75, 3.05) is 38.0 Å². The Hall–Kier alpha value is -3.98. The number of benzene rings is 3. The van der Waals surface area contributed by atoms with Gasteiger partial charge in [0.1, 0.15) is 5.75 Å². The molecule has 3 aromatic rings. The standard InChI is InChI=1S/C27H28F2N4O3/c28-27(29)36-22-12-10-21(11-13-22)31-24-9-5-4-8-23(24)26(35)33-16-14-32(15-17-33)19-25(34)30-18-20-6-2-1-3-7-20/h1-13,27,31H,14-19H2,(H,30,34). The lowest BCUT2D eigenvalue weighted by Gasteiger charge is -2.34. The fourth-order valence-corrected chi connectivity index (χ4v) is 3.99. The molecule has 1 saturated heterocycles. The summed E-state index contributed by atoms with van der Waals surface area (Å²) < 4.78 is 29.1. The summed E-state index contributed by atoms with van der Waals surface area (Å²) in [5, 5.41) is 6.12. The highest BCUT2D eigenvalue weighted by atomic mass is 19.3. The summed E-state index contributed by atoms with van der Waals surface area (Å²) in [6.07, 6.45) is 0. The minimum absolute atomic E-state index is 0.0434. The van der Waals surface area contributed by atoms with Gasteiger partial charge in [0, 0.05) is 38.4 Å². The first kappa shape index (κ1) is 25.1. The average Bonchev–Trinajstić information content (AvgIpc) is 2.89. The molecular formula is C27H28F2N4O3. The number of nitrogens with one attached hydrogen (secondary N) is 2. The van der Waals surface area contributed by atoms with Gasteiger partial charge in [-0.05, 0) is 42.0 Å². The topological polar surface area (TPSA) is 73.9 Å². The van der Waals surface area contributed by atoms with E-state index in [0.717, 1.165) is 5.56 Å². The Morgan fingerprint density at radius 2 is 1.53 bits per heavy atom. The third-order valence-electron chi connectivity index (χ3n) is 5.88. The molecule has 0 spiro atoms. The Balaban J connectivity index is 1.29. The molecule has 3 aromatic carbocycles. The van der Waals surface area contributed by atoms with Crippen molar-refractivity contribution < 1.29 is 23.1 Å². The summed E-state index contributed by atoms with van der Waals surface area (Å²) >= 11 is 0. The van der Waals surface area contributed by atoms with E-state index < -0.39 is 6.61 Å². The molecule has 9 heteroatoms. The summed E-state index contributed by atoms with van der Waals surface area (Å²) in [4.78, 5) is 29.4. The third-order valence-corrected chi connectivity index (χ3v) is 5.88. The lowest BCUT2D eigenvalue weighted by molar-refractivity contribution is -0.122. The minimum atomic E-state index is -2.88. The van der Waals surface area contributed by atoms with Crippen LogP contribution in [0.3, 0.4) is 0 Å². The maximum Gasteiger partial charge on any atom is 0.387 e. The lowest BCUT2D eigenvalue weighted by Crippen LogP contribution is -2.51. The molecule has 0 unspecified atom stereocenters. The van der Waals surface area contributed by atoms with E-state index in [4.69, 9.17) is 0 Å². The van der Waals surface area contributed by atoms with Crippen LogP contribution in [-0.2, 0) is 11.3 Å². The van der Waals surface area contributed by atoms with E-state index in [1.165, 1.54) is 12.1 Å². The van der Waals surface area contributed by atoms with E-state index in [0.29, 0.717) is 49.7 Å². The van der Waals surface area contributed by atoms with Crippen molar-refractivity contribution in [2.45, 2.75) is 13.2 Å². The van der Waals surface area contributed by atoms with Crippen LogP contribution in [0.5, 0.6) is 5.75 Å². The van der Waals surface area contributed by atoms with Gasteiger partial charge in [0.15, 0.2) is 0 Å². The van der Waals surface area contributed by atoms with Crippen molar-refractivity contribution >= 4 is 23.2 Å². The van der Waals surface area contributed by atoms with Gasteiger partial charge in [-0.2, -0.15) is 8.78 Å². The molecule has 188 valence electrons. The molecule has 1 aliphatic rings. The van der Waals surface area contributed by atoms with E-state index >= 15 is 0 Å². The number of anilines is 2. The van der Waals surface area contributed by atoms with Gasteiger partial charge in [0.05, 0.1) is 17.8 Å². The number of alkyl halides is 2. The summed E-state index contributed by atoms with van der Waals surface area (Å²) in [7, 11) is 0. The molecule has 0 atom stereocenters. The molecule has 36 heavy (non-hydrogen) atoms. The van der Waals surface area contributed by atoms with Crippen LogP contribution in [0.2, 0.25) is 0 Å². The van der Waals surface area contributed by atoms with Gasteiger partial charge in [-0.15, -0.1) is 0 Å². The third kappa shape index (κ3) is 7.02. The Bertz CT molecular complexity index is 1150. The van der Waals surface area contributed by atoms with Gasteiger partial charge in [0.25, 0.3) is 5.91 Å². The number of hydrogen-bond donors (Lipinski definition) is 2. The van der Waals surface area contributed by atoms with Gasteiger partial charge in [0.2, 0.25) is 5.91 Å². The first-order chi connectivity index (χ1) is 17.5. The minimum Gasteiger partial charge on any atom is -0.435 e. The molecule has 4 rings (SSSR count). The van der Waals surface area contributed by atoms with Crippen LogP contribution in [0.1, 0.15) is 15.9 Å². The molecule has 0 radical (unpaired) electrons. The zero-order valence-corrected chi connectivity index (χ0v) is 19.7. The van der Waals surface area contributed by atoms with E-state index in [9.17, 15) is 18.4 Å². The molecular weight excluding hydrogens is 466 g/mol. The first-order valence-electron chi connectivity index (χ1n) is 11.7. The van der Waals surface area contributed by atoms with Gasteiger partial charge >= 0.3 is 6.61 Å². The number of halogens is 2. The number of hydrogen-bond acceptors (Lipinski definition) is 5. The van der Waals surface area contributed by atoms with Crippen LogP contribution in [0.15, 0.2) is 78.9 Å². The molecule has 2 amide bonds. The molecule has 0 saturated carbocycles. The molecule has 1 heterocycles. The van der Waals surface area contributed by atoms with Crippen LogP contribution in [0, 0.1) is 0 Å². The van der Waals surface area contributed by atoms with Crippen molar-refractivity contribution in [3.05, 3.63) is 90.0 Å². The van der Waals surface area contributed by atoms with Crippen molar-refractivity contribution in [3.63, 3.8) is 0 Å². The number of nitrogens with zero attached hydrogens (tertiary/aromatic N) is 2. The number of rotatable bonds is 9. The highest BCUT2D eigenvalue weighted by Crippen LogP contribution is 2.25. The summed E-state index contributed by atoms with van der Waals surface area (Å²) in [5.41, 5.74) is 2.82. The normalized spacial score (nSPS) is 13.9.